The van der Waals surface area contributed by atoms with E-state index in [9.17, 15) is 4.79 Å². The molecule has 0 aliphatic carbocycles. The van der Waals surface area contributed by atoms with Crippen LogP contribution in [0.15, 0.2) is 67.0 Å². The summed E-state index contributed by atoms with van der Waals surface area (Å²) in [5.74, 6) is 1.77. The predicted molar refractivity (Wildman–Crippen MR) is 133 cm³/mol. The maximum absolute atomic E-state index is 13.4. The molecule has 34 heavy (non-hydrogen) atoms. The fraction of sp³-hybridized carbons (Fsp3) is 0.333. The van der Waals surface area contributed by atoms with Crippen LogP contribution in [0.4, 0.5) is 5.82 Å². The summed E-state index contributed by atoms with van der Waals surface area (Å²) in [5.41, 5.74) is 4.44. The van der Waals surface area contributed by atoms with E-state index < -0.39 is 0 Å². The van der Waals surface area contributed by atoms with Crippen LogP contribution in [-0.4, -0.2) is 56.6 Å². The third-order valence-corrected chi connectivity index (χ3v) is 6.73. The minimum Gasteiger partial charge on any atom is -0.353 e. The molecule has 0 saturated carbocycles. The maximum atomic E-state index is 13.4. The normalized spacial score (nSPS) is 15.0. The number of hydrogen-bond donors (Lipinski definition) is 0. The van der Waals surface area contributed by atoms with Crippen molar-refractivity contribution in [3.8, 4) is 0 Å². The largest absolute Gasteiger partial charge is 0.353 e. The Labute approximate surface area is 200 Å². The Morgan fingerprint density at radius 2 is 1.65 bits per heavy atom. The van der Waals surface area contributed by atoms with Gasteiger partial charge in [-0.05, 0) is 24.5 Å². The Hall–Kier alpha value is -3.74. The maximum Gasteiger partial charge on any atom is 0.254 e. The predicted octanol–water partition coefficient (Wildman–Crippen LogP) is 3.87. The van der Waals surface area contributed by atoms with Crippen molar-refractivity contribution < 1.29 is 4.79 Å². The second kappa shape index (κ2) is 9.63. The first-order chi connectivity index (χ1) is 16.7. The molecule has 3 heterocycles. The van der Waals surface area contributed by atoms with Crippen molar-refractivity contribution in [2.45, 2.75) is 32.6 Å². The van der Waals surface area contributed by atoms with Crippen LogP contribution < -0.4 is 4.90 Å². The summed E-state index contributed by atoms with van der Waals surface area (Å²) >= 11 is 0. The number of carbonyl (C=O) groups is 1. The van der Waals surface area contributed by atoms with E-state index in [0.29, 0.717) is 18.9 Å². The van der Waals surface area contributed by atoms with Crippen LogP contribution in [0.5, 0.6) is 0 Å². The van der Waals surface area contributed by atoms with E-state index in [1.54, 1.807) is 6.33 Å². The van der Waals surface area contributed by atoms with E-state index >= 15 is 0 Å². The SMILES string of the molecule is CCC(C(=O)N1CCN(c2c(Cc3ccccc3)c(C)nc3ncnn23)CC1)c1ccccc1. The van der Waals surface area contributed by atoms with Gasteiger partial charge in [-0.3, -0.25) is 4.79 Å². The van der Waals surface area contributed by atoms with Crippen LogP contribution in [0.3, 0.4) is 0 Å². The molecular weight excluding hydrogens is 424 g/mol. The highest BCUT2D eigenvalue weighted by molar-refractivity contribution is 5.84. The van der Waals surface area contributed by atoms with Crippen LogP contribution in [0.25, 0.3) is 5.78 Å². The summed E-state index contributed by atoms with van der Waals surface area (Å²) in [6.45, 7) is 6.99. The van der Waals surface area contributed by atoms with Gasteiger partial charge in [-0.15, -0.1) is 0 Å². The molecule has 1 aliphatic heterocycles. The minimum atomic E-state index is -0.0911. The summed E-state index contributed by atoms with van der Waals surface area (Å²) in [5, 5.41) is 4.49. The molecule has 1 amide bonds. The summed E-state index contributed by atoms with van der Waals surface area (Å²) in [4.78, 5) is 26.8. The van der Waals surface area contributed by atoms with Gasteiger partial charge in [-0.1, -0.05) is 67.6 Å². The zero-order valence-electron chi connectivity index (χ0n) is 19.8. The second-order valence-electron chi connectivity index (χ2n) is 8.82. The summed E-state index contributed by atoms with van der Waals surface area (Å²) in [7, 11) is 0. The molecule has 1 unspecified atom stereocenters. The molecule has 0 bridgehead atoms. The molecule has 1 aliphatic rings. The standard InChI is InChI=1S/C27H30N6O/c1-3-23(22-12-8-5-9-13-22)26(34)32-16-14-31(15-17-32)25-24(18-21-10-6-4-7-11-21)20(2)30-27-28-19-29-33(25)27/h4-13,19,23H,3,14-18H2,1-2H3. The van der Waals surface area contributed by atoms with Crippen molar-refractivity contribution in [3.05, 3.63) is 89.4 Å². The molecule has 0 spiro atoms. The zero-order valence-corrected chi connectivity index (χ0v) is 19.8. The average Bonchev–Trinajstić information content (AvgIpc) is 3.34. The van der Waals surface area contributed by atoms with E-state index in [-0.39, 0.29) is 11.8 Å². The van der Waals surface area contributed by atoms with Crippen molar-refractivity contribution in [2.75, 3.05) is 31.1 Å². The minimum absolute atomic E-state index is 0.0911. The Balaban J connectivity index is 1.40. The molecule has 4 aromatic rings. The number of benzene rings is 2. The molecule has 5 rings (SSSR count). The molecule has 174 valence electrons. The summed E-state index contributed by atoms with van der Waals surface area (Å²) in [6, 6.07) is 20.6. The van der Waals surface area contributed by atoms with Gasteiger partial charge in [0.15, 0.2) is 0 Å². The van der Waals surface area contributed by atoms with Crippen molar-refractivity contribution in [1.29, 1.82) is 0 Å². The molecule has 7 heteroatoms. The number of rotatable bonds is 6. The Morgan fingerprint density at radius 1 is 0.971 bits per heavy atom. The number of nitrogens with zero attached hydrogens (tertiary/aromatic N) is 6. The molecule has 7 nitrogen and oxygen atoms in total. The van der Waals surface area contributed by atoms with Crippen LogP contribution in [0.2, 0.25) is 0 Å². The molecule has 2 aromatic heterocycles. The molecule has 2 aromatic carbocycles. The van der Waals surface area contributed by atoms with E-state index in [1.807, 2.05) is 40.6 Å². The van der Waals surface area contributed by atoms with E-state index in [2.05, 4.69) is 58.3 Å². The van der Waals surface area contributed by atoms with Crippen molar-refractivity contribution in [2.24, 2.45) is 0 Å². The third kappa shape index (κ3) is 4.25. The van der Waals surface area contributed by atoms with Gasteiger partial charge in [0, 0.05) is 43.9 Å². The smallest absolute Gasteiger partial charge is 0.254 e. The van der Waals surface area contributed by atoms with Crippen molar-refractivity contribution >= 4 is 17.5 Å². The van der Waals surface area contributed by atoms with Crippen molar-refractivity contribution in [3.63, 3.8) is 0 Å². The molecule has 1 fully saturated rings. The monoisotopic (exact) mass is 454 g/mol. The zero-order chi connectivity index (χ0) is 23.5. The fourth-order valence-corrected chi connectivity index (χ4v) is 4.90. The number of hydrogen-bond acceptors (Lipinski definition) is 5. The number of piperazine rings is 1. The molecule has 1 atom stereocenters. The Morgan fingerprint density at radius 3 is 2.32 bits per heavy atom. The van der Waals surface area contributed by atoms with Gasteiger partial charge in [0.25, 0.3) is 5.78 Å². The highest BCUT2D eigenvalue weighted by atomic mass is 16.2. The lowest BCUT2D eigenvalue weighted by molar-refractivity contribution is -0.133. The van der Waals surface area contributed by atoms with Gasteiger partial charge >= 0.3 is 0 Å². The first-order valence-electron chi connectivity index (χ1n) is 12.0. The number of aryl methyl sites for hydroxylation is 1. The first kappa shape index (κ1) is 22.1. The highest BCUT2D eigenvalue weighted by Gasteiger charge is 2.29. The highest BCUT2D eigenvalue weighted by Crippen LogP contribution is 2.28. The van der Waals surface area contributed by atoms with Gasteiger partial charge in [-0.2, -0.15) is 14.6 Å². The topological polar surface area (TPSA) is 66.6 Å². The second-order valence-corrected chi connectivity index (χ2v) is 8.82. The molecule has 0 radical (unpaired) electrons. The average molecular weight is 455 g/mol. The lowest BCUT2D eigenvalue weighted by Gasteiger charge is -2.38. The van der Waals surface area contributed by atoms with Gasteiger partial charge in [0.2, 0.25) is 5.91 Å². The number of anilines is 1. The van der Waals surface area contributed by atoms with E-state index in [1.165, 1.54) is 5.56 Å². The number of fused-ring (bicyclic) bond motifs is 1. The van der Waals surface area contributed by atoms with Gasteiger partial charge in [-0.25, -0.2) is 4.98 Å². The lowest BCUT2D eigenvalue weighted by atomic mass is 9.94. The number of aromatic nitrogens is 4. The summed E-state index contributed by atoms with van der Waals surface area (Å²) < 4.78 is 1.85. The Kier molecular flexibility index (Phi) is 6.25. The van der Waals surface area contributed by atoms with Crippen LogP contribution in [-0.2, 0) is 11.2 Å². The van der Waals surface area contributed by atoms with Crippen LogP contribution in [0.1, 0.15) is 41.6 Å². The Bertz CT molecular complexity index is 1260. The lowest BCUT2D eigenvalue weighted by Crippen LogP contribution is -2.50. The number of carbonyl (C=O) groups excluding carboxylic acids is 1. The molecular formula is C27H30N6O. The first-order valence-corrected chi connectivity index (χ1v) is 12.0. The third-order valence-electron chi connectivity index (χ3n) is 6.73. The van der Waals surface area contributed by atoms with Crippen LogP contribution in [0, 0.1) is 6.92 Å². The van der Waals surface area contributed by atoms with Crippen LogP contribution >= 0.6 is 0 Å². The van der Waals surface area contributed by atoms with E-state index in [0.717, 1.165) is 48.6 Å². The molecule has 1 saturated heterocycles. The number of amides is 1. The van der Waals surface area contributed by atoms with Gasteiger partial charge in [0.05, 0.1) is 5.92 Å². The quantitative estimate of drug-likeness (QED) is 0.443. The van der Waals surface area contributed by atoms with Gasteiger partial charge < -0.3 is 9.80 Å². The fourth-order valence-electron chi connectivity index (χ4n) is 4.90. The van der Waals surface area contributed by atoms with Crippen molar-refractivity contribution in [1.82, 2.24) is 24.5 Å². The summed E-state index contributed by atoms with van der Waals surface area (Å²) in [6.07, 6.45) is 3.13. The molecule has 0 N–H and O–H groups in total. The van der Waals surface area contributed by atoms with E-state index in [4.69, 9.17) is 4.98 Å². The van der Waals surface area contributed by atoms with Gasteiger partial charge in [0.1, 0.15) is 12.1 Å².